The summed E-state index contributed by atoms with van der Waals surface area (Å²) in [7, 11) is 0. The van der Waals surface area contributed by atoms with Crippen LogP contribution in [0.4, 0.5) is 13.2 Å². The van der Waals surface area contributed by atoms with E-state index in [1.807, 2.05) is 19.1 Å². The minimum atomic E-state index is -4.68. The second-order valence-corrected chi connectivity index (χ2v) is 4.78. The predicted molar refractivity (Wildman–Crippen MR) is 70.4 cm³/mol. The maximum absolute atomic E-state index is 12.2. The third-order valence-electron chi connectivity index (χ3n) is 3.21. The molecule has 1 unspecified atom stereocenters. The van der Waals surface area contributed by atoms with Crippen LogP contribution in [-0.4, -0.2) is 23.2 Å². The van der Waals surface area contributed by atoms with E-state index in [0.717, 1.165) is 5.56 Å². The number of halogens is 3. The average molecular weight is 295 g/mol. The molecule has 1 aromatic heterocycles. The lowest BCUT2D eigenvalue weighted by atomic mass is 10.1. The number of rotatable bonds is 2. The molecule has 0 fully saturated rings. The molecule has 2 aliphatic rings. The van der Waals surface area contributed by atoms with Crippen molar-refractivity contribution in [3.8, 4) is 0 Å². The first-order valence-corrected chi connectivity index (χ1v) is 6.37. The van der Waals surface area contributed by atoms with Gasteiger partial charge in [0, 0.05) is 18.0 Å². The van der Waals surface area contributed by atoms with Crippen molar-refractivity contribution in [2.24, 2.45) is 4.99 Å². The molecule has 1 atom stereocenters. The average Bonchev–Trinajstić information content (AvgIpc) is 2.80. The number of fused-ring (bicyclic) bond motifs is 1. The number of nitrogens with zero attached hydrogens (tertiary/aromatic N) is 2. The van der Waals surface area contributed by atoms with E-state index in [-0.39, 0.29) is 11.8 Å². The van der Waals surface area contributed by atoms with E-state index >= 15 is 0 Å². The molecule has 0 saturated heterocycles. The van der Waals surface area contributed by atoms with Gasteiger partial charge >= 0.3 is 6.36 Å². The van der Waals surface area contributed by atoms with E-state index in [1.54, 1.807) is 6.20 Å². The molecule has 4 nitrogen and oxygen atoms in total. The molecule has 1 aliphatic carbocycles. The molecule has 1 aromatic rings. The van der Waals surface area contributed by atoms with Crippen molar-refractivity contribution in [1.82, 2.24) is 10.3 Å². The second kappa shape index (κ2) is 4.91. The summed E-state index contributed by atoms with van der Waals surface area (Å²) >= 11 is 0. The van der Waals surface area contributed by atoms with Crippen molar-refractivity contribution in [2.75, 3.05) is 0 Å². The molecule has 0 spiro atoms. The van der Waals surface area contributed by atoms with Crippen molar-refractivity contribution < 1.29 is 17.9 Å². The van der Waals surface area contributed by atoms with E-state index in [9.17, 15) is 13.2 Å². The molecule has 0 bridgehead atoms. The highest BCUT2D eigenvalue weighted by Gasteiger charge is 2.34. The van der Waals surface area contributed by atoms with Crippen molar-refractivity contribution in [3.63, 3.8) is 0 Å². The van der Waals surface area contributed by atoms with Crippen LogP contribution in [0.5, 0.6) is 0 Å². The van der Waals surface area contributed by atoms with Crippen LogP contribution in [0.2, 0.25) is 0 Å². The van der Waals surface area contributed by atoms with Gasteiger partial charge < -0.3 is 10.1 Å². The van der Waals surface area contributed by atoms with Gasteiger partial charge in [-0.25, -0.2) is 0 Å². The summed E-state index contributed by atoms with van der Waals surface area (Å²) in [6.45, 7) is 1.90. The zero-order chi connectivity index (χ0) is 15.0. The zero-order valence-electron chi connectivity index (χ0n) is 11.1. The van der Waals surface area contributed by atoms with Gasteiger partial charge in [-0.3, -0.25) is 9.98 Å². The fourth-order valence-corrected chi connectivity index (χ4v) is 2.29. The number of amidine groups is 1. The highest BCUT2D eigenvalue weighted by Crippen LogP contribution is 2.29. The number of ether oxygens (including phenoxy) is 1. The first-order chi connectivity index (χ1) is 9.92. The normalized spacial score (nSPS) is 21.0. The minimum absolute atomic E-state index is 0.206. The number of hydrogen-bond acceptors (Lipinski definition) is 4. The molecule has 1 N–H and O–H groups in total. The minimum Gasteiger partial charge on any atom is -0.406 e. The molecule has 21 heavy (non-hydrogen) atoms. The Bertz CT molecular complexity index is 662. The van der Waals surface area contributed by atoms with Crippen molar-refractivity contribution in [1.29, 1.82) is 0 Å². The SMILES string of the molecule is Cc1cccnc1C1=NC2CC=C(OC(F)(F)F)C=C2N1. The lowest BCUT2D eigenvalue weighted by Gasteiger charge is -2.17. The number of alkyl halides is 3. The molecule has 0 radical (unpaired) electrons. The number of aliphatic imine (C=N–C) groups is 1. The van der Waals surface area contributed by atoms with Crippen LogP contribution >= 0.6 is 0 Å². The number of hydrogen-bond donors (Lipinski definition) is 1. The molecule has 0 aromatic carbocycles. The molecule has 1 aliphatic heterocycles. The smallest absolute Gasteiger partial charge is 0.406 e. The highest BCUT2D eigenvalue weighted by atomic mass is 19.4. The van der Waals surface area contributed by atoms with Gasteiger partial charge in [0.2, 0.25) is 0 Å². The first-order valence-electron chi connectivity index (χ1n) is 6.37. The monoisotopic (exact) mass is 295 g/mol. The van der Waals surface area contributed by atoms with Crippen LogP contribution in [0.25, 0.3) is 0 Å². The fraction of sp³-hybridized carbons (Fsp3) is 0.286. The van der Waals surface area contributed by atoms with E-state index in [0.29, 0.717) is 23.6 Å². The molecule has 110 valence electrons. The lowest BCUT2D eigenvalue weighted by Crippen LogP contribution is -2.24. The summed E-state index contributed by atoms with van der Waals surface area (Å²) in [6.07, 6.45) is 0.0477. The van der Waals surface area contributed by atoms with E-state index in [1.165, 1.54) is 12.2 Å². The van der Waals surface area contributed by atoms with Gasteiger partial charge in [0.25, 0.3) is 0 Å². The van der Waals surface area contributed by atoms with Gasteiger partial charge in [-0.05, 0) is 31.1 Å². The van der Waals surface area contributed by atoms with E-state index < -0.39 is 6.36 Å². The quantitative estimate of drug-likeness (QED) is 0.912. The van der Waals surface area contributed by atoms with Gasteiger partial charge in [0.15, 0.2) is 5.84 Å². The second-order valence-electron chi connectivity index (χ2n) is 4.78. The van der Waals surface area contributed by atoms with Crippen molar-refractivity contribution >= 4 is 5.84 Å². The predicted octanol–water partition coefficient (Wildman–Crippen LogP) is 2.82. The van der Waals surface area contributed by atoms with E-state index in [4.69, 9.17) is 0 Å². The Hall–Kier alpha value is -2.31. The summed E-state index contributed by atoms with van der Waals surface area (Å²) < 4.78 is 40.6. The fourth-order valence-electron chi connectivity index (χ4n) is 2.29. The van der Waals surface area contributed by atoms with E-state index in [2.05, 4.69) is 20.0 Å². The third-order valence-corrected chi connectivity index (χ3v) is 3.21. The summed E-state index contributed by atoms with van der Waals surface area (Å²) in [5.41, 5.74) is 2.24. The molecular weight excluding hydrogens is 283 g/mol. The number of aromatic nitrogens is 1. The Balaban J connectivity index is 1.80. The number of allylic oxidation sites excluding steroid dienone is 1. The molecular formula is C14H12F3N3O. The highest BCUT2D eigenvalue weighted by molar-refractivity contribution is 6.01. The molecule has 7 heteroatoms. The van der Waals surface area contributed by atoms with Gasteiger partial charge in [-0.2, -0.15) is 0 Å². The van der Waals surface area contributed by atoms with Crippen LogP contribution < -0.4 is 5.32 Å². The number of aryl methyl sites for hydroxylation is 1. The van der Waals surface area contributed by atoms with Crippen molar-refractivity contribution in [3.05, 3.63) is 53.2 Å². The molecule has 0 saturated carbocycles. The maximum atomic E-state index is 12.2. The third kappa shape index (κ3) is 2.91. The molecule has 2 heterocycles. The summed E-state index contributed by atoms with van der Waals surface area (Å²) in [6, 6.07) is 3.51. The summed E-state index contributed by atoms with van der Waals surface area (Å²) in [5, 5.41) is 3.03. The Kier molecular flexibility index (Phi) is 3.19. The zero-order valence-corrected chi connectivity index (χ0v) is 11.1. The Morgan fingerprint density at radius 3 is 2.90 bits per heavy atom. The van der Waals surface area contributed by atoms with Crippen molar-refractivity contribution in [2.45, 2.75) is 25.7 Å². The first kappa shape index (κ1) is 13.7. The Morgan fingerprint density at radius 1 is 1.38 bits per heavy atom. The lowest BCUT2D eigenvalue weighted by molar-refractivity contribution is -0.303. The maximum Gasteiger partial charge on any atom is 0.573 e. The van der Waals surface area contributed by atoms with Crippen LogP contribution in [-0.2, 0) is 4.74 Å². The van der Waals surface area contributed by atoms with Crippen LogP contribution in [0.3, 0.4) is 0 Å². The Labute approximate surface area is 119 Å². The van der Waals surface area contributed by atoms with Gasteiger partial charge in [-0.1, -0.05) is 6.07 Å². The topological polar surface area (TPSA) is 46.5 Å². The van der Waals surface area contributed by atoms with Gasteiger partial charge in [-0.15, -0.1) is 13.2 Å². The van der Waals surface area contributed by atoms with Gasteiger partial charge in [0.05, 0.1) is 6.04 Å². The molecule has 0 amide bonds. The summed E-state index contributed by atoms with van der Waals surface area (Å²) in [5.74, 6) is 0.362. The van der Waals surface area contributed by atoms with Gasteiger partial charge in [0.1, 0.15) is 11.5 Å². The van der Waals surface area contributed by atoms with Crippen LogP contribution in [0.15, 0.2) is 46.9 Å². The largest absolute Gasteiger partial charge is 0.573 e. The number of pyridine rings is 1. The number of nitrogens with one attached hydrogen (secondary N) is 1. The van der Waals surface area contributed by atoms with Crippen LogP contribution in [0, 0.1) is 6.92 Å². The van der Waals surface area contributed by atoms with Crippen LogP contribution in [0.1, 0.15) is 17.7 Å². The Morgan fingerprint density at radius 2 is 2.19 bits per heavy atom. The summed E-state index contributed by atoms with van der Waals surface area (Å²) in [4.78, 5) is 8.71. The standard InChI is InChI=1S/C14H12F3N3O/c1-8-3-2-6-18-12(8)13-19-10-5-4-9(7-11(10)20-13)21-14(15,16)17/h2-4,6-7,10H,5H2,1H3,(H,19,20). The molecule has 3 rings (SSSR count).